The molecular weight excluding hydrogens is 264 g/mol. The molecule has 0 unspecified atom stereocenters. The van der Waals surface area contributed by atoms with Crippen molar-refractivity contribution in [3.8, 4) is 0 Å². The Balaban J connectivity index is 5.09. The molecule has 0 aliphatic carbocycles. The number of carbonyl (C=O) groups excluding carboxylic acids is 1. The number of hydrogen-bond acceptors (Lipinski definition) is 5. The topological polar surface area (TPSA) is 86.8 Å². The second-order valence-electron chi connectivity index (χ2n) is 6.95. The molecule has 0 aliphatic heterocycles. The molecule has 0 rings (SSSR count). The van der Waals surface area contributed by atoms with Gasteiger partial charge in [0.15, 0.2) is 0 Å². The Morgan fingerprint density at radius 2 is 1.42 bits per heavy atom. The number of nitrogens with zero attached hydrogens (tertiary/aromatic N) is 1. The summed E-state index contributed by atoms with van der Waals surface area (Å²) < 4.78 is -0.672. The minimum Gasteiger partial charge on any atom is -0.389 e. The zero-order valence-corrected chi connectivity index (χ0v) is 13.7. The third kappa shape index (κ3) is 7.77. The highest BCUT2D eigenvalue weighted by atomic mass is 32.1. The molecule has 1 atom stereocenters. The van der Waals surface area contributed by atoms with Crippen LogP contribution in [0, 0.1) is 0 Å². The van der Waals surface area contributed by atoms with E-state index in [-0.39, 0.29) is 19.0 Å². The van der Waals surface area contributed by atoms with Gasteiger partial charge < -0.3 is 20.8 Å². The molecular formula is C13H28N2O3S. The van der Waals surface area contributed by atoms with Gasteiger partial charge in [-0.3, -0.25) is 4.79 Å². The first-order chi connectivity index (χ1) is 8.13. The SMILES string of the molecule is CC(C)(O)CN(CC(C)(C)O)C(=O)[C@@H](N)C(C)(C)S. The molecule has 19 heavy (non-hydrogen) atoms. The van der Waals surface area contributed by atoms with Crippen LogP contribution in [0.25, 0.3) is 0 Å². The summed E-state index contributed by atoms with van der Waals surface area (Å²) in [5.74, 6) is -0.329. The first kappa shape index (κ1) is 18.7. The van der Waals surface area contributed by atoms with E-state index >= 15 is 0 Å². The van der Waals surface area contributed by atoms with Gasteiger partial charge in [0.05, 0.1) is 17.2 Å². The lowest BCUT2D eigenvalue weighted by Gasteiger charge is -2.37. The van der Waals surface area contributed by atoms with Gasteiger partial charge in [0.25, 0.3) is 0 Å². The van der Waals surface area contributed by atoms with Crippen LogP contribution in [0.4, 0.5) is 0 Å². The quantitative estimate of drug-likeness (QED) is 0.534. The Morgan fingerprint density at radius 1 is 1.11 bits per heavy atom. The van der Waals surface area contributed by atoms with E-state index in [1.54, 1.807) is 41.5 Å². The highest BCUT2D eigenvalue weighted by Crippen LogP contribution is 2.20. The Kier molecular flexibility index (Phi) is 5.90. The van der Waals surface area contributed by atoms with Crippen LogP contribution in [-0.4, -0.2) is 56.1 Å². The summed E-state index contributed by atoms with van der Waals surface area (Å²) in [5, 5.41) is 19.8. The Morgan fingerprint density at radius 3 is 1.63 bits per heavy atom. The summed E-state index contributed by atoms with van der Waals surface area (Å²) in [4.78, 5) is 13.8. The van der Waals surface area contributed by atoms with E-state index in [0.29, 0.717) is 0 Å². The fourth-order valence-corrected chi connectivity index (χ4v) is 1.76. The van der Waals surface area contributed by atoms with E-state index < -0.39 is 22.0 Å². The molecule has 1 amide bonds. The van der Waals surface area contributed by atoms with Gasteiger partial charge >= 0.3 is 0 Å². The van der Waals surface area contributed by atoms with Crippen molar-refractivity contribution < 1.29 is 15.0 Å². The van der Waals surface area contributed by atoms with Crippen molar-refractivity contribution in [2.75, 3.05) is 13.1 Å². The van der Waals surface area contributed by atoms with Crippen molar-refractivity contribution in [2.24, 2.45) is 5.73 Å². The number of nitrogens with two attached hydrogens (primary N) is 1. The first-order valence-electron chi connectivity index (χ1n) is 6.35. The molecule has 0 aromatic carbocycles. The minimum absolute atomic E-state index is 0.105. The molecule has 0 aromatic heterocycles. The summed E-state index contributed by atoms with van der Waals surface area (Å²) in [5.41, 5.74) is 3.79. The maximum absolute atomic E-state index is 12.4. The summed E-state index contributed by atoms with van der Waals surface area (Å²) >= 11 is 4.31. The van der Waals surface area contributed by atoms with Crippen LogP contribution in [-0.2, 0) is 4.79 Å². The summed E-state index contributed by atoms with van der Waals surface area (Å²) in [7, 11) is 0. The molecule has 0 aromatic rings. The van der Waals surface area contributed by atoms with Crippen LogP contribution in [0.1, 0.15) is 41.5 Å². The maximum Gasteiger partial charge on any atom is 0.241 e. The van der Waals surface area contributed by atoms with Gasteiger partial charge in [-0.1, -0.05) is 0 Å². The van der Waals surface area contributed by atoms with Crippen molar-refractivity contribution >= 4 is 18.5 Å². The lowest BCUT2D eigenvalue weighted by molar-refractivity contribution is -0.139. The van der Waals surface area contributed by atoms with Crippen LogP contribution in [0.15, 0.2) is 0 Å². The van der Waals surface area contributed by atoms with Crippen molar-refractivity contribution in [1.82, 2.24) is 4.90 Å². The minimum atomic E-state index is -1.05. The van der Waals surface area contributed by atoms with E-state index in [4.69, 9.17) is 5.73 Å². The molecule has 0 fully saturated rings. The molecule has 5 nitrogen and oxygen atoms in total. The normalized spacial score (nSPS) is 15.3. The highest BCUT2D eigenvalue weighted by molar-refractivity contribution is 7.81. The van der Waals surface area contributed by atoms with Crippen LogP contribution in [0.2, 0.25) is 0 Å². The Bertz CT molecular complexity index is 297. The van der Waals surface area contributed by atoms with Crippen LogP contribution in [0.5, 0.6) is 0 Å². The van der Waals surface area contributed by atoms with E-state index in [9.17, 15) is 15.0 Å². The van der Waals surface area contributed by atoms with E-state index in [1.165, 1.54) is 4.90 Å². The second kappa shape index (κ2) is 5.99. The zero-order valence-electron chi connectivity index (χ0n) is 12.8. The van der Waals surface area contributed by atoms with Gasteiger partial charge in [-0.05, 0) is 41.5 Å². The Labute approximate surface area is 121 Å². The van der Waals surface area contributed by atoms with Crippen molar-refractivity contribution in [2.45, 2.75) is 63.5 Å². The largest absolute Gasteiger partial charge is 0.389 e. The van der Waals surface area contributed by atoms with Crippen molar-refractivity contribution in [3.05, 3.63) is 0 Å². The molecule has 0 heterocycles. The monoisotopic (exact) mass is 292 g/mol. The average molecular weight is 292 g/mol. The fraction of sp³-hybridized carbons (Fsp3) is 0.923. The number of amides is 1. The predicted octanol–water partition coefficient (Wildman–Crippen LogP) is 0.393. The van der Waals surface area contributed by atoms with E-state index in [2.05, 4.69) is 12.6 Å². The van der Waals surface area contributed by atoms with Gasteiger partial charge in [-0.15, -0.1) is 0 Å². The molecule has 0 saturated carbocycles. The number of hydrogen-bond donors (Lipinski definition) is 4. The molecule has 6 heteroatoms. The lowest BCUT2D eigenvalue weighted by Crippen LogP contribution is -2.57. The summed E-state index contributed by atoms with van der Waals surface area (Å²) in [6.07, 6.45) is 0. The molecule has 114 valence electrons. The van der Waals surface area contributed by atoms with Crippen LogP contribution < -0.4 is 5.73 Å². The van der Waals surface area contributed by atoms with Crippen molar-refractivity contribution in [1.29, 1.82) is 0 Å². The molecule has 0 spiro atoms. The third-order valence-electron chi connectivity index (χ3n) is 2.49. The van der Waals surface area contributed by atoms with Gasteiger partial charge in [-0.25, -0.2) is 0 Å². The molecule has 0 bridgehead atoms. The molecule has 0 radical (unpaired) electrons. The number of thiol groups is 1. The zero-order chi connectivity index (χ0) is 15.6. The summed E-state index contributed by atoms with van der Waals surface area (Å²) in [6, 6.07) is -0.805. The van der Waals surface area contributed by atoms with Gasteiger partial charge in [0.1, 0.15) is 0 Å². The van der Waals surface area contributed by atoms with Gasteiger partial charge in [0.2, 0.25) is 5.91 Å². The summed E-state index contributed by atoms with van der Waals surface area (Å²) in [6.45, 7) is 10.1. The number of rotatable bonds is 6. The van der Waals surface area contributed by atoms with Gasteiger partial charge in [-0.2, -0.15) is 12.6 Å². The lowest BCUT2D eigenvalue weighted by atomic mass is 9.99. The smallest absolute Gasteiger partial charge is 0.241 e. The predicted molar refractivity (Wildman–Crippen MR) is 80.2 cm³/mol. The average Bonchev–Trinajstić information content (AvgIpc) is 2.08. The van der Waals surface area contributed by atoms with E-state index in [1.807, 2.05) is 0 Å². The second-order valence-corrected chi connectivity index (χ2v) is 8.10. The maximum atomic E-state index is 12.4. The molecule has 0 saturated heterocycles. The fourth-order valence-electron chi connectivity index (χ4n) is 1.64. The van der Waals surface area contributed by atoms with Crippen LogP contribution >= 0.6 is 12.6 Å². The number of aliphatic hydroxyl groups is 2. The van der Waals surface area contributed by atoms with E-state index in [0.717, 1.165) is 0 Å². The van der Waals surface area contributed by atoms with Crippen molar-refractivity contribution in [3.63, 3.8) is 0 Å². The number of carbonyl (C=O) groups is 1. The first-order valence-corrected chi connectivity index (χ1v) is 6.80. The highest BCUT2D eigenvalue weighted by Gasteiger charge is 2.35. The third-order valence-corrected chi connectivity index (χ3v) is 2.77. The van der Waals surface area contributed by atoms with Crippen LogP contribution in [0.3, 0.4) is 0 Å². The molecule has 0 aliphatic rings. The molecule has 4 N–H and O–H groups in total. The standard InChI is InChI=1S/C13H28N2O3S/c1-11(2,17)7-15(8-12(3,4)18)10(16)9(14)13(5,6)19/h9,17-19H,7-8,14H2,1-6H3/t9-/m1/s1. The Hall–Kier alpha value is -0.300. The van der Waals surface area contributed by atoms with Gasteiger partial charge in [0, 0.05) is 17.8 Å².